The molecule has 0 saturated heterocycles. The topological polar surface area (TPSA) is 52.6 Å². The Bertz CT molecular complexity index is 521. The molecule has 1 atom stereocenters. The van der Waals surface area contributed by atoms with E-state index in [-0.39, 0.29) is 18.3 Å². The highest BCUT2D eigenvalue weighted by Crippen LogP contribution is 2.27. The first-order chi connectivity index (χ1) is 10.6. The predicted molar refractivity (Wildman–Crippen MR) is 83.8 cm³/mol. The third-order valence-corrected chi connectivity index (χ3v) is 3.84. The molecule has 1 aromatic carbocycles. The van der Waals surface area contributed by atoms with Gasteiger partial charge < -0.3 is 9.47 Å². The zero-order chi connectivity index (χ0) is 15.9. The lowest BCUT2D eigenvalue weighted by Gasteiger charge is -2.20. The minimum atomic E-state index is -0.676. The highest BCUT2D eigenvalue weighted by Gasteiger charge is 2.24. The summed E-state index contributed by atoms with van der Waals surface area (Å²) in [6.07, 6.45) is 5.12. The summed E-state index contributed by atoms with van der Waals surface area (Å²) in [6.45, 7) is 1.58. The maximum Gasteiger partial charge on any atom is 0.314 e. The Hall–Kier alpha value is -1.55. The molecular weight excluding hydrogens is 304 g/mol. The minimum absolute atomic E-state index is 0.0309. The fourth-order valence-corrected chi connectivity index (χ4v) is 2.76. The van der Waals surface area contributed by atoms with Gasteiger partial charge in [-0.1, -0.05) is 49.1 Å². The molecule has 1 fully saturated rings. The summed E-state index contributed by atoms with van der Waals surface area (Å²) in [6, 6.07) is 7.03. The monoisotopic (exact) mass is 324 g/mol. The zero-order valence-corrected chi connectivity index (χ0v) is 13.5. The summed E-state index contributed by atoms with van der Waals surface area (Å²) in [5.74, 6) is -0.247. The lowest BCUT2D eigenvalue weighted by molar-refractivity contribution is -0.144. The Morgan fingerprint density at radius 2 is 1.91 bits per heavy atom. The van der Waals surface area contributed by atoms with Gasteiger partial charge in [0.1, 0.15) is 5.75 Å². The molecule has 0 radical (unpaired) electrons. The van der Waals surface area contributed by atoms with Gasteiger partial charge in [0.05, 0.1) is 12.3 Å². The molecule has 0 amide bonds. The molecule has 120 valence electrons. The highest BCUT2D eigenvalue weighted by atomic mass is 35.5. The molecule has 2 rings (SSSR count). The molecule has 1 aromatic rings. The molecule has 4 nitrogen and oxygen atoms in total. The van der Waals surface area contributed by atoms with E-state index in [0.717, 1.165) is 25.7 Å². The number of hydrogen-bond acceptors (Lipinski definition) is 4. The van der Waals surface area contributed by atoms with E-state index in [9.17, 15) is 9.59 Å². The van der Waals surface area contributed by atoms with E-state index in [1.54, 1.807) is 31.2 Å². The van der Waals surface area contributed by atoms with Crippen LogP contribution in [0.25, 0.3) is 0 Å². The lowest BCUT2D eigenvalue weighted by atomic mass is 9.89. The number of alkyl halides is 1. The molecule has 0 spiro atoms. The van der Waals surface area contributed by atoms with Crippen molar-refractivity contribution in [2.75, 3.05) is 0 Å². The molecule has 1 unspecified atom stereocenters. The zero-order valence-electron chi connectivity index (χ0n) is 12.7. The molecule has 22 heavy (non-hydrogen) atoms. The number of hydrogen-bond donors (Lipinski definition) is 0. The number of carbonyl (C=O) groups excluding carboxylic acids is 2. The van der Waals surface area contributed by atoms with E-state index in [4.69, 9.17) is 21.1 Å². The van der Waals surface area contributed by atoms with E-state index in [1.165, 1.54) is 6.42 Å². The van der Waals surface area contributed by atoms with Gasteiger partial charge in [-0.2, -0.15) is 0 Å². The van der Waals surface area contributed by atoms with Crippen molar-refractivity contribution in [1.82, 2.24) is 0 Å². The number of benzene rings is 1. The Kier molecular flexibility index (Phi) is 6.25. The van der Waals surface area contributed by atoms with E-state index < -0.39 is 11.5 Å². The second-order valence-electron chi connectivity index (χ2n) is 5.57. The van der Waals surface area contributed by atoms with Crippen LogP contribution < -0.4 is 4.74 Å². The number of ether oxygens (including phenoxy) is 2. The SMILES string of the molecule is CC(Cl)OC(=O)Cc1ccccc1OC(=O)C1CCCCC1. The fraction of sp³-hybridized carbons (Fsp3) is 0.529. The van der Waals surface area contributed by atoms with Crippen LogP contribution in [0.15, 0.2) is 24.3 Å². The van der Waals surface area contributed by atoms with Gasteiger partial charge in [-0.3, -0.25) is 9.59 Å². The molecule has 0 N–H and O–H groups in total. The summed E-state index contributed by atoms with van der Waals surface area (Å²) in [5, 5.41) is 0. The second kappa shape index (κ2) is 8.18. The first-order valence-corrected chi connectivity index (χ1v) is 8.13. The van der Waals surface area contributed by atoms with Crippen LogP contribution in [0.2, 0.25) is 0 Å². The van der Waals surface area contributed by atoms with Gasteiger partial charge in [0.2, 0.25) is 0 Å². The number of rotatable bonds is 5. The third-order valence-electron chi connectivity index (χ3n) is 3.75. The smallest absolute Gasteiger partial charge is 0.314 e. The van der Waals surface area contributed by atoms with Crippen LogP contribution in [-0.4, -0.2) is 17.5 Å². The first-order valence-electron chi connectivity index (χ1n) is 7.69. The Labute approximate surface area is 135 Å². The molecular formula is C17H21ClO4. The van der Waals surface area contributed by atoms with E-state index in [2.05, 4.69) is 0 Å². The van der Waals surface area contributed by atoms with Crippen LogP contribution >= 0.6 is 11.6 Å². The summed E-state index contributed by atoms with van der Waals surface area (Å²) >= 11 is 5.64. The number of carbonyl (C=O) groups is 2. The number of para-hydroxylation sites is 1. The van der Waals surface area contributed by atoms with Crippen LogP contribution in [0.3, 0.4) is 0 Å². The minimum Gasteiger partial charge on any atom is -0.446 e. The lowest BCUT2D eigenvalue weighted by Crippen LogP contribution is -2.23. The van der Waals surface area contributed by atoms with Crippen molar-refractivity contribution in [1.29, 1.82) is 0 Å². The third kappa shape index (κ3) is 5.02. The van der Waals surface area contributed by atoms with Gasteiger partial charge >= 0.3 is 11.9 Å². The molecule has 0 heterocycles. The average Bonchev–Trinajstić information content (AvgIpc) is 2.49. The van der Waals surface area contributed by atoms with Crippen molar-refractivity contribution in [2.24, 2.45) is 5.92 Å². The van der Waals surface area contributed by atoms with Gasteiger partial charge in [-0.25, -0.2) is 0 Å². The van der Waals surface area contributed by atoms with Crippen LogP contribution in [0.4, 0.5) is 0 Å². The van der Waals surface area contributed by atoms with Gasteiger partial charge in [0.15, 0.2) is 5.56 Å². The second-order valence-corrected chi connectivity index (χ2v) is 6.19. The number of esters is 2. The quantitative estimate of drug-likeness (QED) is 0.469. The summed E-state index contributed by atoms with van der Waals surface area (Å²) in [5.41, 5.74) is -0.0431. The standard InChI is InChI=1S/C17H21ClO4/c1-12(18)21-16(19)11-14-9-5-6-10-15(14)22-17(20)13-7-3-2-4-8-13/h5-6,9-10,12-13H,2-4,7-8,11H2,1H3. The molecule has 0 aromatic heterocycles. The molecule has 0 aliphatic heterocycles. The summed E-state index contributed by atoms with van der Waals surface area (Å²) in [4.78, 5) is 23.9. The Balaban J connectivity index is 2.01. The molecule has 1 aliphatic carbocycles. The fourth-order valence-electron chi connectivity index (χ4n) is 2.66. The largest absolute Gasteiger partial charge is 0.446 e. The van der Waals surface area contributed by atoms with Gasteiger partial charge in [0, 0.05) is 5.56 Å². The van der Waals surface area contributed by atoms with Crippen molar-refractivity contribution in [3.05, 3.63) is 29.8 Å². The summed E-state index contributed by atoms with van der Waals surface area (Å²) < 4.78 is 10.4. The van der Waals surface area contributed by atoms with Crippen LogP contribution in [-0.2, 0) is 20.7 Å². The maximum absolute atomic E-state index is 12.2. The molecule has 5 heteroatoms. The number of halogens is 1. The highest BCUT2D eigenvalue weighted by molar-refractivity contribution is 6.19. The van der Waals surface area contributed by atoms with Crippen molar-refractivity contribution >= 4 is 23.5 Å². The van der Waals surface area contributed by atoms with E-state index in [0.29, 0.717) is 11.3 Å². The van der Waals surface area contributed by atoms with Crippen LogP contribution in [0, 0.1) is 5.92 Å². The molecule has 1 saturated carbocycles. The Morgan fingerprint density at radius 1 is 1.23 bits per heavy atom. The van der Waals surface area contributed by atoms with E-state index in [1.807, 2.05) is 0 Å². The van der Waals surface area contributed by atoms with Crippen LogP contribution in [0.5, 0.6) is 5.75 Å². The van der Waals surface area contributed by atoms with E-state index >= 15 is 0 Å². The summed E-state index contributed by atoms with van der Waals surface area (Å²) in [7, 11) is 0. The molecule has 0 bridgehead atoms. The van der Waals surface area contributed by atoms with Crippen molar-refractivity contribution in [3.63, 3.8) is 0 Å². The van der Waals surface area contributed by atoms with Gasteiger partial charge in [-0.05, 0) is 25.8 Å². The van der Waals surface area contributed by atoms with Crippen molar-refractivity contribution in [2.45, 2.75) is 51.0 Å². The average molecular weight is 325 g/mol. The maximum atomic E-state index is 12.2. The normalized spacial score (nSPS) is 16.8. The Morgan fingerprint density at radius 3 is 2.59 bits per heavy atom. The van der Waals surface area contributed by atoms with Crippen LogP contribution in [0.1, 0.15) is 44.6 Å². The van der Waals surface area contributed by atoms with Gasteiger partial charge in [0.25, 0.3) is 0 Å². The van der Waals surface area contributed by atoms with Crippen molar-refractivity contribution < 1.29 is 19.1 Å². The molecule has 1 aliphatic rings. The van der Waals surface area contributed by atoms with Crippen molar-refractivity contribution in [3.8, 4) is 5.75 Å². The predicted octanol–water partition coefficient (Wildman–Crippen LogP) is 3.84. The van der Waals surface area contributed by atoms with Gasteiger partial charge in [-0.15, -0.1) is 0 Å². The first kappa shape index (κ1) is 16.8.